The number of benzene rings is 10. The van der Waals surface area contributed by atoms with Crippen molar-refractivity contribution in [1.29, 1.82) is 0 Å². The summed E-state index contributed by atoms with van der Waals surface area (Å²) < 4.78 is 0. The summed E-state index contributed by atoms with van der Waals surface area (Å²) in [6.45, 7) is 0. The van der Waals surface area contributed by atoms with Gasteiger partial charge in [-0.25, -0.2) is 0 Å². The Hall–Kier alpha value is -7.74. The molecule has 11 rings (SSSR count). The summed E-state index contributed by atoms with van der Waals surface area (Å²) in [5.74, 6) is 0. The Labute approximate surface area is 352 Å². The van der Waals surface area contributed by atoms with Gasteiger partial charge in [-0.3, -0.25) is 0 Å². The van der Waals surface area contributed by atoms with Gasteiger partial charge in [0.15, 0.2) is 0 Å². The summed E-state index contributed by atoms with van der Waals surface area (Å²) in [6, 6.07) is 91.0. The molecule has 0 atom stereocenters. The van der Waals surface area contributed by atoms with Crippen molar-refractivity contribution in [2.75, 3.05) is 4.90 Å². The van der Waals surface area contributed by atoms with Crippen molar-refractivity contribution >= 4 is 27.8 Å². The molecule has 0 radical (unpaired) electrons. The molecule has 0 unspecified atom stereocenters. The predicted octanol–water partition coefficient (Wildman–Crippen LogP) is 15.7. The van der Waals surface area contributed by atoms with Gasteiger partial charge in [-0.05, 0) is 103 Å². The van der Waals surface area contributed by atoms with E-state index in [4.69, 9.17) is 0 Å². The minimum atomic E-state index is -0.505. The Kier molecular flexibility index (Phi) is 8.79. The summed E-state index contributed by atoms with van der Waals surface area (Å²) in [7, 11) is 0. The molecule has 0 saturated carbocycles. The van der Waals surface area contributed by atoms with Crippen molar-refractivity contribution in [2.24, 2.45) is 0 Å². The third kappa shape index (κ3) is 5.86. The molecule has 0 amide bonds. The van der Waals surface area contributed by atoms with Gasteiger partial charge in [0, 0.05) is 16.8 Å². The van der Waals surface area contributed by atoms with E-state index in [2.05, 4.69) is 254 Å². The number of hydrogen-bond donors (Lipinski definition) is 0. The number of nitrogens with zero attached hydrogens (tertiary/aromatic N) is 1. The van der Waals surface area contributed by atoms with Gasteiger partial charge in [0.25, 0.3) is 0 Å². The highest BCUT2D eigenvalue weighted by atomic mass is 15.1. The topological polar surface area (TPSA) is 3.24 Å². The second kappa shape index (κ2) is 14.9. The van der Waals surface area contributed by atoms with E-state index < -0.39 is 5.41 Å². The van der Waals surface area contributed by atoms with Crippen molar-refractivity contribution in [1.82, 2.24) is 0 Å². The molecule has 1 aliphatic carbocycles. The maximum Gasteiger partial charge on any atom is 0.0714 e. The van der Waals surface area contributed by atoms with Crippen molar-refractivity contribution in [2.45, 2.75) is 5.41 Å². The lowest BCUT2D eigenvalue weighted by molar-refractivity contribution is 0.768. The molecule has 1 heteroatoms. The van der Waals surface area contributed by atoms with Crippen LogP contribution in [0.5, 0.6) is 0 Å². The van der Waals surface area contributed by atoms with Gasteiger partial charge < -0.3 is 4.90 Å². The van der Waals surface area contributed by atoms with E-state index in [9.17, 15) is 0 Å². The van der Waals surface area contributed by atoms with Gasteiger partial charge in [-0.15, -0.1) is 0 Å². The number of fused-ring (bicyclic) bond motifs is 4. The molecular weight excluding hydrogens is 723 g/mol. The Morgan fingerprint density at radius 3 is 1.52 bits per heavy atom. The molecule has 0 aliphatic heterocycles. The van der Waals surface area contributed by atoms with E-state index in [1.807, 2.05) is 0 Å². The fourth-order valence-electron chi connectivity index (χ4n) is 9.65. The van der Waals surface area contributed by atoms with Crippen LogP contribution in [0.15, 0.2) is 249 Å². The van der Waals surface area contributed by atoms with Crippen molar-refractivity contribution in [3.05, 3.63) is 271 Å². The molecule has 1 aliphatic rings. The van der Waals surface area contributed by atoms with E-state index in [0.29, 0.717) is 0 Å². The van der Waals surface area contributed by atoms with Crippen molar-refractivity contribution in [3.63, 3.8) is 0 Å². The molecule has 0 bridgehead atoms. The zero-order valence-corrected chi connectivity index (χ0v) is 33.1. The highest BCUT2D eigenvalue weighted by molar-refractivity contribution is 5.99. The summed E-state index contributed by atoms with van der Waals surface area (Å²) in [5, 5.41) is 2.50. The molecule has 0 spiro atoms. The average Bonchev–Trinajstić information content (AvgIpc) is 3.64. The Morgan fingerprint density at radius 2 is 0.783 bits per heavy atom. The lowest BCUT2D eigenvalue weighted by atomic mass is 9.68. The van der Waals surface area contributed by atoms with Crippen LogP contribution in [-0.2, 0) is 5.41 Å². The summed E-state index contributed by atoms with van der Waals surface area (Å²) in [5.41, 5.74) is 17.6. The zero-order valence-electron chi connectivity index (χ0n) is 33.1. The number of para-hydroxylation sites is 1. The van der Waals surface area contributed by atoms with Crippen molar-refractivity contribution in [3.8, 4) is 44.5 Å². The van der Waals surface area contributed by atoms with Crippen LogP contribution < -0.4 is 4.90 Å². The maximum atomic E-state index is 2.49. The fraction of sp³-hybridized carbons (Fsp3) is 0.0169. The second-order valence-corrected chi connectivity index (χ2v) is 15.6. The van der Waals surface area contributed by atoms with Gasteiger partial charge in [0.2, 0.25) is 0 Å². The molecule has 10 aromatic carbocycles. The monoisotopic (exact) mass is 763 g/mol. The van der Waals surface area contributed by atoms with E-state index >= 15 is 0 Å². The van der Waals surface area contributed by atoms with E-state index in [-0.39, 0.29) is 0 Å². The third-order valence-corrected chi connectivity index (χ3v) is 12.3. The van der Waals surface area contributed by atoms with Crippen LogP contribution in [0.4, 0.5) is 17.1 Å². The predicted molar refractivity (Wildman–Crippen MR) is 252 cm³/mol. The molecule has 282 valence electrons. The van der Waals surface area contributed by atoms with Crippen LogP contribution in [0.1, 0.15) is 22.3 Å². The molecule has 0 N–H and O–H groups in total. The SMILES string of the molecule is c1ccc(-c2ccccc2N(c2ccc(-c3cccc(-c4ccc5ccccc5c4)c3)cc2)c2cccc3c2-c2ccccc2C3(c2ccccc2)c2ccccc2)cc1. The standard InChI is InChI=1S/C59H41N/c1-4-19-44(20-5-1)52-28-13-15-32-56(52)60(51-38-36-43(37-39-51)46-22-16-23-47(40-46)48-35-34-42-18-10-11-21-45(42)41-48)57-33-17-31-55-58(57)53-29-12-14-30-54(53)59(55,49-24-6-2-7-25-49)50-26-8-3-9-27-50/h1-41H. The molecular formula is C59H41N. The zero-order chi connectivity index (χ0) is 39.9. The average molecular weight is 764 g/mol. The molecule has 10 aromatic rings. The molecule has 0 heterocycles. The normalized spacial score (nSPS) is 12.5. The first kappa shape index (κ1) is 35.4. The fourth-order valence-corrected chi connectivity index (χ4v) is 9.65. The molecule has 60 heavy (non-hydrogen) atoms. The molecule has 1 nitrogen and oxygen atoms in total. The first-order chi connectivity index (χ1) is 29.8. The molecule has 0 fully saturated rings. The van der Waals surface area contributed by atoms with Crippen LogP contribution in [-0.4, -0.2) is 0 Å². The van der Waals surface area contributed by atoms with Gasteiger partial charge >= 0.3 is 0 Å². The van der Waals surface area contributed by atoms with Crippen molar-refractivity contribution < 1.29 is 0 Å². The first-order valence-electron chi connectivity index (χ1n) is 20.8. The summed E-state index contributed by atoms with van der Waals surface area (Å²) in [6.07, 6.45) is 0. The lowest BCUT2D eigenvalue weighted by Gasteiger charge is -2.34. The third-order valence-electron chi connectivity index (χ3n) is 12.3. The number of rotatable bonds is 8. The summed E-state index contributed by atoms with van der Waals surface area (Å²) >= 11 is 0. The maximum absolute atomic E-state index is 2.49. The van der Waals surface area contributed by atoms with Crippen LogP contribution in [0.25, 0.3) is 55.3 Å². The molecule has 0 aromatic heterocycles. The Bertz CT molecular complexity index is 3090. The minimum absolute atomic E-state index is 0.505. The number of hydrogen-bond acceptors (Lipinski definition) is 1. The lowest BCUT2D eigenvalue weighted by Crippen LogP contribution is -2.28. The van der Waals surface area contributed by atoms with E-state index in [0.717, 1.165) is 17.1 Å². The number of anilines is 3. The van der Waals surface area contributed by atoms with Crippen LogP contribution >= 0.6 is 0 Å². The smallest absolute Gasteiger partial charge is 0.0714 e. The van der Waals surface area contributed by atoms with E-state index in [1.54, 1.807) is 0 Å². The largest absolute Gasteiger partial charge is 0.309 e. The van der Waals surface area contributed by atoms with Gasteiger partial charge in [-0.2, -0.15) is 0 Å². The van der Waals surface area contributed by atoms with Crippen LogP contribution in [0.3, 0.4) is 0 Å². The quantitative estimate of drug-likeness (QED) is 0.149. The minimum Gasteiger partial charge on any atom is -0.309 e. The van der Waals surface area contributed by atoms with Gasteiger partial charge in [0.05, 0.1) is 16.8 Å². The molecule has 0 saturated heterocycles. The Morgan fingerprint density at radius 1 is 0.283 bits per heavy atom. The highest BCUT2D eigenvalue weighted by Crippen LogP contribution is 2.59. The summed E-state index contributed by atoms with van der Waals surface area (Å²) in [4.78, 5) is 2.49. The van der Waals surface area contributed by atoms with Gasteiger partial charge in [-0.1, -0.05) is 212 Å². The van der Waals surface area contributed by atoms with Crippen LogP contribution in [0.2, 0.25) is 0 Å². The first-order valence-corrected chi connectivity index (χ1v) is 20.8. The second-order valence-electron chi connectivity index (χ2n) is 15.6. The van der Waals surface area contributed by atoms with Gasteiger partial charge in [0.1, 0.15) is 0 Å². The van der Waals surface area contributed by atoms with Crippen LogP contribution in [0, 0.1) is 0 Å². The highest BCUT2D eigenvalue weighted by Gasteiger charge is 2.47. The Balaban J connectivity index is 1.11. The van der Waals surface area contributed by atoms with E-state index in [1.165, 1.54) is 77.5 Å².